The summed E-state index contributed by atoms with van der Waals surface area (Å²) in [6.45, 7) is 2.66. The third-order valence-electron chi connectivity index (χ3n) is 6.50. The summed E-state index contributed by atoms with van der Waals surface area (Å²) < 4.78 is 16.9. The first-order valence-corrected chi connectivity index (χ1v) is 11.9. The molecule has 1 fully saturated rings. The number of benzene rings is 2. The first-order valence-electron chi connectivity index (χ1n) is 11.9. The number of morpholine rings is 1. The van der Waals surface area contributed by atoms with Crippen LogP contribution in [0.1, 0.15) is 17.5 Å². The van der Waals surface area contributed by atoms with Gasteiger partial charge in [0.15, 0.2) is 5.54 Å². The number of aliphatic imine (C=N–C) groups is 1. The Bertz CT molecular complexity index is 1110. The first-order chi connectivity index (χ1) is 17.1. The van der Waals surface area contributed by atoms with Crippen LogP contribution in [0, 0.1) is 0 Å². The number of rotatable bonds is 7. The van der Waals surface area contributed by atoms with Gasteiger partial charge in [0.25, 0.3) is 5.91 Å². The average molecular weight is 480 g/mol. The Hall–Kier alpha value is -3.43. The van der Waals surface area contributed by atoms with Crippen molar-refractivity contribution in [2.24, 2.45) is 4.99 Å². The minimum absolute atomic E-state index is 0.0394. The van der Waals surface area contributed by atoms with Crippen molar-refractivity contribution in [1.82, 2.24) is 4.90 Å². The summed E-state index contributed by atoms with van der Waals surface area (Å²) in [7, 11) is 0. The van der Waals surface area contributed by atoms with Gasteiger partial charge in [-0.25, -0.2) is 4.99 Å². The van der Waals surface area contributed by atoms with E-state index in [9.17, 15) is 9.59 Å². The van der Waals surface area contributed by atoms with Crippen molar-refractivity contribution in [3.05, 3.63) is 59.7 Å². The normalized spacial score (nSPS) is 21.5. The number of hydrogen-bond acceptors (Lipinski definition) is 7. The third kappa shape index (κ3) is 4.74. The number of amides is 2. The van der Waals surface area contributed by atoms with Gasteiger partial charge in [-0.05, 0) is 35.9 Å². The molecule has 1 saturated heterocycles. The van der Waals surface area contributed by atoms with Gasteiger partial charge in [0.2, 0.25) is 11.8 Å². The minimum Gasteiger partial charge on any atom is -0.494 e. The summed E-state index contributed by atoms with van der Waals surface area (Å²) in [5.74, 6) is 0.759. The Morgan fingerprint density at radius 1 is 1.11 bits per heavy atom. The molecule has 0 saturated carbocycles. The van der Waals surface area contributed by atoms with E-state index < -0.39 is 5.54 Å². The molecule has 2 aromatic carbocycles. The lowest BCUT2D eigenvalue weighted by Gasteiger charge is -2.38. The summed E-state index contributed by atoms with van der Waals surface area (Å²) in [5, 5.41) is 8.90. The molecule has 0 aromatic heterocycles. The van der Waals surface area contributed by atoms with E-state index in [-0.39, 0.29) is 31.6 Å². The lowest BCUT2D eigenvalue weighted by atomic mass is 9.85. The highest BCUT2D eigenvalue weighted by molar-refractivity contribution is 6.09. The molecule has 1 N–H and O–H groups in total. The third-order valence-corrected chi connectivity index (χ3v) is 6.50. The van der Waals surface area contributed by atoms with Crippen molar-refractivity contribution in [2.45, 2.75) is 18.4 Å². The van der Waals surface area contributed by atoms with Crippen LogP contribution in [0.5, 0.6) is 5.75 Å². The largest absolute Gasteiger partial charge is 0.494 e. The average Bonchev–Trinajstić information content (AvgIpc) is 3.32. The van der Waals surface area contributed by atoms with Crippen LogP contribution in [0.3, 0.4) is 0 Å². The summed E-state index contributed by atoms with van der Waals surface area (Å²) >= 11 is 0. The van der Waals surface area contributed by atoms with Gasteiger partial charge in [0, 0.05) is 43.8 Å². The second-order valence-electron chi connectivity index (χ2n) is 8.88. The number of para-hydroxylation sites is 1. The molecule has 0 radical (unpaired) electrons. The Kier molecular flexibility index (Phi) is 6.70. The van der Waals surface area contributed by atoms with Crippen LogP contribution in [-0.2, 0) is 25.5 Å². The number of hydrogen-bond donors (Lipinski definition) is 1. The topological polar surface area (TPSA) is 101 Å². The zero-order valence-corrected chi connectivity index (χ0v) is 19.5. The fourth-order valence-electron chi connectivity index (χ4n) is 4.62. The van der Waals surface area contributed by atoms with Crippen LogP contribution < -0.4 is 9.64 Å². The van der Waals surface area contributed by atoms with Crippen LogP contribution >= 0.6 is 0 Å². The fourth-order valence-corrected chi connectivity index (χ4v) is 4.62. The molecule has 2 amide bonds. The van der Waals surface area contributed by atoms with E-state index in [1.807, 2.05) is 48.5 Å². The van der Waals surface area contributed by atoms with Crippen molar-refractivity contribution in [3.63, 3.8) is 0 Å². The fraction of sp³-hybridized carbons (Fsp3) is 0.423. The van der Waals surface area contributed by atoms with E-state index in [2.05, 4.69) is 0 Å². The van der Waals surface area contributed by atoms with Gasteiger partial charge in [-0.2, -0.15) is 0 Å². The molecule has 0 bridgehead atoms. The van der Waals surface area contributed by atoms with Gasteiger partial charge in [0.05, 0.1) is 19.8 Å². The molecule has 0 aliphatic carbocycles. The monoisotopic (exact) mass is 479 g/mol. The van der Waals surface area contributed by atoms with Gasteiger partial charge in [-0.3, -0.25) is 9.59 Å². The molecule has 3 aliphatic rings. The van der Waals surface area contributed by atoms with Gasteiger partial charge < -0.3 is 29.1 Å². The molecule has 35 heavy (non-hydrogen) atoms. The molecule has 0 unspecified atom stereocenters. The molecule has 184 valence electrons. The summed E-state index contributed by atoms with van der Waals surface area (Å²) in [6.07, 6.45) is 0.977. The maximum atomic E-state index is 13.8. The van der Waals surface area contributed by atoms with E-state index >= 15 is 0 Å². The molecule has 1 spiro atoms. The first kappa shape index (κ1) is 23.3. The number of nitrogens with zero attached hydrogens (tertiary/aromatic N) is 3. The van der Waals surface area contributed by atoms with Gasteiger partial charge in [-0.1, -0.05) is 18.2 Å². The standard InChI is InChI=1S/C26H29N3O6/c30-12-3-13-34-21-8-6-19(7-9-21)24-27-26(18-35-24)16-20-4-1-2-5-22(20)29(25(26)32)17-23(31)28-10-14-33-15-11-28/h1-2,4-9,30H,3,10-18H2/t26-/m1/s1. The van der Waals surface area contributed by atoms with E-state index in [0.717, 1.165) is 16.8 Å². The van der Waals surface area contributed by atoms with Crippen molar-refractivity contribution in [1.29, 1.82) is 0 Å². The minimum atomic E-state index is -1.11. The molecule has 3 heterocycles. The van der Waals surface area contributed by atoms with Crippen molar-refractivity contribution < 1.29 is 28.9 Å². The molecule has 3 aliphatic heterocycles. The van der Waals surface area contributed by atoms with Crippen LogP contribution in [0.2, 0.25) is 0 Å². The van der Waals surface area contributed by atoms with Gasteiger partial charge >= 0.3 is 0 Å². The number of anilines is 1. The predicted molar refractivity (Wildman–Crippen MR) is 129 cm³/mol. The second kappa shape index (κ2) is 10.1. The predicted octanol–water partition coefficient (Wildman–Crippen LogP) is 1.41. The Morgan fingerprint density at radius 3 is 2.66 bits per heavy atom. The highest BCUT2D eigenvalue weighted by Crippen LogP contribution is 2.38. The van der Waals surface area contributed by atoms with Crippen LogP contribution in [-0.4, -0.2) is 85.9 Å². The molecule has 2 aromatic rings. The van der Waals surface area contributed by atoms with Crippen molar-refractivity contribution in [2.75, 3.05) is 57.6 Å². The van der Waals surface area contributed by atoms with Gasteiger partial charge in [-0.15, -0.1) is 0 Å². The number of fused-ring (bicyclic) bond motifs is 1. The summed E-state index contributed by atoms with van der Waals surface area (Å²) in [6, 6.07) is 15.0. The molecular formula is C26H29N3O6. The van der Waals surface area contributed by atoms with Crippen molar-refractivity contribution in [3.8, 4) is 5.75 Å². The molecule has 9 heteroatoms. The molecular weight excluding hydrogens is 450 g/mol. The number of aliphatic hydroxyl groups is 1. The highest BCUT2D eigenvalue weighted by atomic mass is 16.5. The Labute approximate surface area is 203 Å². The van der Waals surface area contributed by atoms with E-state index in [4.69, 9.17) is 24.3 Å². The zero-order valence-electron chi connectivity index (χ0n) is 19.5. The lowest BCUT2D eigenvalue weighted by Crippen LogP contribution is -2.57. The maximum absolute atomic E-state index is 13.8. The van der Waals surface area contributed by atoms with E-state index in [0.29, 0.717) is 57.4 Å². The van der Waals surface area contributed by atoms with Gasteiger partial charge in [0.1, 0.15) is 18.9 Å². The van der Waals surface area contributed by atoms with Crippen LogP contribution in [0.25, 0.3) is 0 Å². The number of ether oxygens (including phenoxy) is 3. The summed E-state index contributed by atoms with van der Waals surface area (Å²) in [4.78, 5) is 34.9. The quantitative estimate of drug-likeness (QED) is 0.603. The molecule has 9 nitrogen and oxygen atoms in total. The highest BCUT2D eigenvalue weighted by Gasteiger charge is 2.51. The number of carbonyl (C=O) groups excluding carboxylic acids is 2. The summed E-state index contributed by atoms with van der Waals surface area (Å²) in [5.41, 5.74) is 1.35. The number of aliphatic hydroxyl groups excluding tert-OH is 1. The van der Waals surface area contributed by atoms with E-state index in [1.165, 1.54) is 0 Å². The Balaban J connectivity index is 1.38. The second-order valence-corrected chi connectivity index (χ2v) is 8.88. The number of carbonyl (C=O) groups is 2. The Morgan fingerprint density at radius 2 is 1.89 bits per heavy atom. The van der Waals surface area contributed by atoms with E-state index in [1.54, 1.807) is 9.80 Å². The van der Waals surface area contributed by atoms with Crippen LogP contribution in [0.15, 0.2) is 53.5 Å². The zero-order chi connectivity index (χ0) is 24.3. The van der Waals surface area contributed by atoms with Crippen LogP contribution in [0.4, 0.5) is 5.69 Å². The maximum Gasteiger partial charge on any atom is 0.259 e. The smallest absolute Gasteiger partial charge is 0.259 e. The molecule has 5 rings (SSSR count). The van der Waals surface area contributed by atoms with Crippen molar-refractivity contribution >= 4 is 23.4 Å². The lowest BCUT2D eigenvalue weighted by molar-refractivity contribution is -0.135. The SMILES string of the molecule is O=C(CN1C(=O)[C@]2(COC(c3ccc(OCCCO)cc3)=N2)Cc2ccccc21)N1CCOCC1. The molecule has 1 atom stereocenters.